The van der Waals surface area contributed by atoms with E-state index in [0.717, 1.165) is 12.2 Å². The summed E-state index contributed by atoms with van der Waals surface area (Å²) in [6.45, 7) is 10.2. The van der Waals surface area contributed by atoms with E-state index in [9.17, 15) is 0 Å². The Bertz CT molecular complexity index is 387. The van der Waals surface area contributed by atoms with Crippen molar-refractivity contribution in [1.29, 1.82) is 0 Å². The fourth-order valence-electron chi connectivity index (χ4n) is 1.83. The van der Waals surface area contributed by atoms with Crippen LogP contribution in [0.15, 0.2) is 18.5 Å². The third-order valence-corrected chi connectivity index (χ3v) is 3.15. The molecule has 1 aromatic rings. The fraction of sp³-hybridized carbons (Fsp3) is 0.667. The molecule has 4 heteroatoms. The Morgan fingerprint density at radius 3 is 2.68 bits per heavy atom. The van der Waals surface area contributed by atoms with Crippen molar-refractivity contribution in [3.8, 4) is 0 Å². The molecule has 0 amide bonds. The highest BCUT2D eigenvalue weighted by Crippen LogP contribution is 2.20. The first-order valence-corrected chi connectivity index (χ1v) is 6.75. The topological polar surface area (TPSA) is 37.4 Å². The molecule has 4 nitrogen and oxygen atoms in total. The highest BCUT2D eigenvalue weighted by molar-refractivity contribution is 5.51. The summed E-state index contributed by atoms with van der Waals surface area (Å²) in [5, 5.41) is 3.52. The van der Waals surface area contributed by atoms with Gasteiger partial charge in [0, 0.05) is 38.5 Å². The van der Waals surface area contributed by atoms with Crippen molar-refractivity contribution in [2.75, 3.05) is 25.7 Å². The molecule has 0 radical (unpaired) electrons. The zero-order chi connectivity index (χ0) is 14.5. The molecule has 0 aliphatic carbocycles. The summed E-state index contributed by atoms with van der Waals surface area (Å²) in [5.74, 6) is 0. The van der Waals surface area contributed by atoms with E-state index in [1.807, 2.05) is 12.4 Å². The summed E-state index contributed by atoms with van der Waals surface area (Å²) in [5.41, 5.74) is 2.52. The standard InChI is InChI=1S/C15H27N3O/c1-12(11-19-6)18(5)14-10-16-8-7-13(14)9-17-15(2,3)4/h7-8,10,12,17H,9,11H2,1-6H3. The number of hydrogen-bond acceptors (Lipinski definition) is 4. The molecule has 0 saturated heterocycles. The summed E-state index contributed by atoms with van der Waals surface area (Å²) in [4.78, 5) is 6.46. The Hall–Kier alpha value is -1.13. The van der Waals surface area contributed by atoms with Crippen molar-refractivity contribution >= 4 is 5.69 Å². The molecule has 1 aromatic heterocycles. The van der Waals surface area contributed by atoms with Gasteiger partial charge in [0.1, 0.15) is 0 Å². The Balaban J connectivity index is 2.83. The lowest BCUT2D eigenvalue weighted by atomic mass is 10.1. The SMILES string of the molecule is COCC(C)N(C)c1cnccc1CNC(C)(C)C. The second kappa shape index (κ2) is 6.87. The van der Waals surface area contributed by atoms with Gasteiger partial charge in [0.15, 0.2) is 0 Å². The van der Waals surface area contributed by atoms with Gasteiger partial charge >= 0.3 is 0 Å². The maximum absolute atomic E-state index is 5.22. The van der Waals surface area contributed by atoms with Gasteiger partial charge in [-0.1, -0.05) is 0 Å². The number of hydrogen-bond donors (Lipinski definition) is 1. The molecular weight excluding hydrogens is 238 g/mol. The predicted molar refractivity (Wildman–Crippen MR) is 80.6 cm³/mol. The Kier molecular flexibility index (Phi) is 5.76. The maximum Gasteiger partial charge on any atom is 0.0663 e. The van der Waals surface area contributed by atoms with E-state index in [1.54, 1.807) is 7.11 Å². The number of nitrogens with zero attached hydrogens (tertiary/aromatic N) is 2. The third kappa shape index (κ3) is 5.17. The van der Waals surface area contributed by atoms with Crippen LogP contribution in [0, 0.1) is 0 Å². The van der Waals surface area contributed by atoms with Crippen LogP contribution >= 0.6 is 0 Å². The molecule has 1 unspecified atom stereocenters. The molecule has 1 heterocycles. The van der Waals surface area contributed by atoms with Gasteiger partial charge in [-0.3, -0.25) is 4.98 Å². The van der Waals surface area contributed by atoms with E-state index < -0.39 is 0 Å². The number of anilines is 1. The normalized spacial score (nSPS) is 13.4. The lowest BCUT2D eigenvalue weighted by molar-refractivity contribution is 0.183. The first kappa shape index (κ1) is 15.9. The number of rotatable bonds is 6. The van der Waals surface area contributed by atoms with Crippen LogP contribution in [-0.2, 0) is 11.3 Å². The van der Waals surface area contributed by atoms with Crippen molar-refractivity contribution in [1.82, 2.24) is 10.3 Å². The quantitative estimate of drug-likeness (QED) is 0.857. The van der Waals surface area contributed by atoms with E-state index in [0.29, 0.717) is 12.6 Å². The number of pyridine rings is 1. The predicted octanol–water partition coefficient (Wildman–Crippen LogP) is 2.44. The fourth-order valence-corrected chi connectivity index (χ4v) is 1.83. The van der Waals surface area contributed by atoms with Crippen molar-refractivity contribution in [3.63, 3.8) is 0 Å². The van der Waals surface area contributed by atoms with Crippen LogP contribution in [0.4, 0.5) is 5.69 Å². The zero-order valence-corrected chi connectivity index (χ0v) is 13.0. The molecule has 0 bridgehead atoms. The van der Waals surface area contributed by atoms with Crippen molar-refractivity contribution < 1.29 is 4.74 Å². The van der Waals surface area contributed by atoms with Crippen LogP contribution in [0.1, 0.15) is 33.3 Å². The summed E-state index contributed by atoms with van der Waals surface area (Å²) >= 11 is 0. The summed E-state index contributed by atoms with van der Waals surface area (Å²) in [7, 11) is 3.82. The average molecular weight is 265 g/mol. The molecular formula is C15H27N3O. The zero-order valence-electron chi connectivity index (χ0n) is 13.0. The molecule has 1 atom stereocenters. The minimum absolute atomic E-state index is 0.108. The molecule has 0 fully saturated rings. The van der Waals surface area contributed by atoms with Gasteiger partial charge in [0.25, 0.3) is 0 Å². The van der Waals surface area contributed by atoms with Gasteiger partial charge in [-0.25, -0.2) is 0 Å². The van der Waals surface area contributed by atoms with Gasteiger partial charge in [-0.15, -0.1) is 0 Å². The summed E-state index contributed by atoms with van der Waals surface area (Å²) in [6.07, 6.45) is 3.77. The van der Waals surface area contributed by atoms with Gasteiger partial charge in [-0.05, 0) is 39.3 Å². The van der Waals surface area contributed by atoms with Crippen LogP contribution in [0.25, 0.3) is 0 Å². The number of aromatic nitrogens is 1. The van der Waals surface area contributed by atoms with Gasteiger partial charge in [0.2, 0.25) is 0 Å². The Morgan fingerprint density at radius 1 is 1.42 bits per heavy atom. The molecule has 108 valence electrons. The van der Waals surface area contributed by atoms with Crippen LogP contribution in [-0.4, -0.2) is 37.3 Å². The van der Waals surface area contributed by atoms with Gasteiger partial charge in [-0.2, -0.15) is 0 Å². The Labute approximate surface area is 117 Å². The number of nitrogens with one attached hydrogen (secondary N) is 1. The van der Waals surface area contributed by atoms with E-state index in [2.05, 4.69) is 56.0 Å². The lowest BCUT2D eigenvalue weighted by Crippen LogP contribution is -2.37. The molecule has 0 aliphatic heterocycles. The van der Waals surface area contributed by atoms with Crippen LogP contribution in [0.2, 0.25) is 0 Å². The molecule has 0 aromatic carbocycles. The number of likely N-dealkylation sites (N-methyl/N-ethyl adjacent to an activating group) is 1. The minimum atomic E-state index is 0.108. The Morgan fingerprint density at radius 2 is 2.11 bits per heavy atom. The highest BCUT2D eigenvalue weighted by Gasteiger charge is 2.15. The van der Waals surface area contributed by atoms with Crippen molar-refractivity contribution in [3.05, 3.63) is 24.0 Å². The van der Waals surface area contributed by atoms with E-state index in [1.165, 1.54) is 5.56 Å². The first-order chi connectivity index (χ1) is 8.85. The van der Waals surface area contributed by atoms with Crippen LogP contribution in [0.5, 0.6) is 0 Å². The molecule has 19 heavy (non-hydrogen) atoms. The smallest absolute Gasteiger partial charge is 0.0663 e. The number of methoxy groups -OCH3 is 1. The minimum Gasteiger partial charge on any atom is -0.383 e. The number of ether oxygens (including phenoxy) is 1. The molecule has 1 rings (SSSR count). The van der Waals surface area contributed by atoms with Crippen molar-refractivity contribution in [2.45, 2.75) is 45.8 Å². The van der Waals surface area contributed by atoms with E-state index in [-0.39, 0.29) is 5.54 Å². The van der Waals surface area contributed by atoms with Crippen molar-refractivity contribution in [2.24, 2.45) is 0 Å². The molecule has 0 aliphatic rings. The first-order valence-electron chi connectivity index (χ1n) is 6.75. The van der Waals surface area contributed by atoms with Crippen LogP contribution < -0.4 is 10.2 Å². The molecule has 0 spiro atoms. The maximum atomic E-state index is 5.22. The highest BCUT2D eigenvalue weighted by atomic mass is 16.5. The lowest BCUT2D eigenvalue weighted by Gasteiger charge is -2.29. The summed E-state index contributed by atoms with van der Waals surface area (Å²) in [6, 6.07) is 2.40. The second-order valence-corrected chi connectivity index (χ2v) is 6.02. The third-order valence-electron chi connectivity index (χ3n) is 3.15. The average Bonchev–Trinajstić information content (AvgIpc) is 2.35. The largest absolute Gasteiger partial charge is 0.383 e. The van der Waals surface area contributed by atoms with Gasteiger partial charge in [0.05, 0.1) is 18.5 Å². The van der Waals surface area contributed by atoms with Crippen LogP contribution in [0.3, 0.4) is 0 Å². The van der Waals surface area contributed by atoms with E-state index in [4.69, 9.17) is 4.74 Å². The van der Waals surface area contributed by atoms with Gasteiger partial charge < -0.3 is 15.0 Å². The molecule has 1 N–H and O–H groups in total. The van der Waals surface area contributed by atoms with E-state index >= 15 is 0 Å². The second-order valence-electron chi connectivity index (χ2n) is 6.02. The molecule has 0 saturated carbocycles. The summed E-state index contributed by atoms with van der Waals surface area (Å²) < 4.78 is 5.22. The monoisotopic (exact) mass is 265 g/mol.